The lowest BCUT2D eigenvalue weighted by Crippen LogP contribution is -2.57. The fourth-order valence-electron chi connectivity index (χ4n) is 2.38. The number of ether oxygens (including phenoxy) is 1. The summed E-state index contributed by atoms with van der Waals surface area (Å²) < 4.78 is 11.2. The predicted molar refractivity (Wildman–Crippen MR) is 71.9 cm³/mol. The molecule has 2 fully saturated rings. The second-order valence-electron chi connectivity index (χ2n) is 7.34. The Morgan fingerprint density at radius 3 is 2.42 bits per heavy atom. The minimum Gasteiger partial charge on any atom is -0.454 e. The van der Waals surface area contributed by atoms with E-state index in [0.29, 0.717) is 0 Å². The van der Waals surface area contributed by atoms with E-state index in [4.69, 9.17) is 9.16 Å². The van der Waals surface area contributed by atoms with Crippen molar-refractivity contribution in [2.75, 3.05) is 0 Å². The first-order valence-corrected chi connectivity index (χ1v) is 9.67. The summed E-state index contributed by atoms with van der Waals surface area (Å²) in [4.78, 5) is 11.6. The van der Waals surface area contributed by atoms with E-state index in [0.717, 1.165) is 0 Å². The first kappa shape index (κ1) is 15.0. The lowest BCUT2D eigenvalue weighted by atomic mass is 9.82. The second-order valence-corrected chi connectivity index (χ2v) is 12.1. The molecule has 0 aromatic rings. The van der Waals surface area contributed by atoms with Gasteiger partial charge in [0.15, 0.2) is 25.8 Å². The second kappa shape index (κ2) is 4.04. The monoisotopic (exact) mass is 288 g/mol. The number of rotatable bonds is 2. The zero-order valence-corrected chi connectivity index (χ0v) is 13.3. The molecule has 6 heteroatoms. The van der Waals surface area contributed by atoms with Gasteiger partial charge in [-0.25, -0.2) is 4.79 Å². The normalized spacial score (nSPS) is 39.3. The van der Waals surface area contributed by atoms with Gasteiger partial charge < -0.3 is 19.4 Å². The molecule has 1 saturated heterocycles. The summed E-state index contributed by atoms with van der Waals surface area (Å²) in [6, 6.07) is 0. The van der Waals surface area contributed by atoms with Gasteiger partial charge in [0.2, 0.25) is 0 Å². The molecular weight excluding hydrogens is 264 g/mol. The van der Waals surface area contributed by atoms with Gasteiger partial charge in [-0.2, -0.15) is 0 Å². The van der Waals surface area contributed by atoms with Crippen molar-refractivity contribution in [3.8, 4) is 0 Å². The molecule has 19 heavy (non-hydrogen) atoms. The third kappa shape index (κ3) is 2.35. The molecule has 0 amide bonds. The van der Waals surface area contributed by atoms with Gasteiger partial charge in [-0.05, 0) is 24.6 Å². The number of hydrogen-bond donors (Lipinski definition) is 2. The van der Waals surface area contributed by atoms with E-state index < -0.39 is 31.8 Å². The van der Waals surface area contributed by atoms with Crippen LogP contribution >= 0.6 is 0 Å². The number of aliphatic hydroxyl groups is 2. The summed E-state index contributed by atoms with van der Waals surface area (Å²) in [6.07, 6.45) is -0.218. The fourth-order valence-corrected chi connectivity index (χ4v) is 3.81. The van der Waals surface area contributed by atoms with Crippen molar-refractivity contribution < 1.29 is 24.2 Å². The Labute approximate surface area is 115 Å². The predicted octanol–water partition coefficient (Wildman–Crippen LogP) is 1.54. The Morgan fingerprint density at radius 2 is 1.89 bits per heavy atom. The van der Waals surface area contributed by atoms with Crippen molar-refractivity contribution in [3.63, 3.8) is 0 Å². The van der Waals surface area contributed by atoms with E-state index >= 15 is 0 Å². The maximum absolute atomic E-state index is 11.6. The first-order valence-electron chi connectivity index (χ1n) is 6.76. The van der Waals surface area contributed by atoms with Crippen molar-refractivity contribution in [1.29, 1.82) is 0 Å². The molecule has 3 unspecified atom stereocenters. The van der Waals surface area contributed by atoms with Crippen LogP contribution in [-0.4, -0.2) is 42.0 Å². The average molecular weight is 288 g/mol. The summed E-state index contributed by atoms with van der Waals surface area (Å²) in [6.45, 7) is 10.3. The fraction of sp³-hybridized carbons (Fsp3) is 0.923. The summed E-state index contributed by atoms with van der Waals surface area (Å²) in [7, 11) is -2.17. The minimum absolute atomic E-state index is 0.0426. The van der Waals surface area contributed by atoms with Crippen LogP contribution < -0.4 is 0 Å². The molecule has 2 N–H and O–H groups in total. The molecule has 0 aromatic carbocycles. The third-order valence-electron chi connectivity index (χ3n) is 4.79. The lowest BCUT2D eigenvalue weighted by molar-refractivity contribution is -0.226. The molecule has 5 nitrogen and oxygen atoms in total. The van der Waals surface area contributed by atoms with Crippen LogP contribution in [0.25, 0.3) is 0 Å². The van der Waals surface area contributed by atoms with Crippen LogP contribution in [0, 0.1) is 0 Å². The maximum Gasteiger partial charge on any atom is 0.338 e. The third-order valence-corrected chi connectivity index (χ3v) is 9.27. The standard InChI is InChI=1S/C13H24O5Si/c1-11(2,3)19(4,5)18-13(16)7-6-12(15)8-9(13)17-10(12)14/h9,15-16H,6-8H2,1-5H3. The number of fused-ring (bicyclic) bond motifs is 2. The molecule has 1 saturated carbocycles. The van der Waals surface area contributed by atoms with Crippen molar-refractivity contribution in [2.24, 2.45) is 0 Å². The average Bonchev–Trinajstić information content (AvgIpc) is 2.47. The van der Waals surface area contributed by atoms with Crippen molar-refractivity contribution >= 4 is 14.3 Å². The molecule has 2 bridgehead atoms. The molecule has 2 aliphatic rings. The highest BCUT2D eigenvalue weighted by atomic mass is 28.4. The van der Waals surface area contributed by atoms with Gasteiger partial charge in [0.05, 0.1) is 0 Å². The van der Waals surface area contributed by atoms with Gasteiger partial charge in [0.25, 0.3) is 0 Å². The molecule has 1 aliphatic heterocycles. The molecule has 0 radical (unpaired) electrons. The van der Waals surface area contributed by atoms with Gasteiger partial charge in [-0.1, -0.05) is 20.8 Å². The Kier molecular flexibility index (Phi) is 3.18. The van der Waals surface area contributed by atoms with E-state index in [-0.39, 0.29) is 24.3 Å². The minimum atomic E-state index is -2.17. The highest BCUT2D eigenvalue weighted by Crippen LogP contribution is 2.47. The van der Waals surface area contributed by atoms with Gasteiger partial charge in [-0.3, -0.25) is 0 Å². The van der Waals surface area contributed by atoms with E-state index in [9.17, 15) is 15.0 Å². The Bertz CT molecular complexity index is 402. The summed E-state index contributed by atoms with van der Waals surface area (Å²) in [5, 5.41) is 20.7. The zero-order chi connectivity index (χ0) is 14.7. The van der Waals surface area contributed by atoms with Crippen molar-refractivity contribution in [3.05, 3.63) is 0 Å². The van der Waals surface area contributed by atoms with Crippen molar-refractivity contribution in [2.45, 2.75) is 75.7 Å². The number of esters is 1. The lowest BCUT2D eigenvalue weighted by Gasteiger charge is -2.46. The van der Waals surface area contributed by atoms with Crippen LogP contribution in [0.1, 0.15) is 40.0 Å². The van der Waals surface area contributed by atoms with Gasteiger partial charge >= 0.3 is 5.97 Å². The molecule has 1 heterocycles. The van der Waals surface area contributed by atoms with E-state index in [1.807, 2.05) is 13.1 Å². The van der Waals surface area contributed by atoms with Gasteiger partial charge in [-0.15, -0.1) is 0 Å². The zero-order valence-electron chi connectivity index (χ0n) is 12.3. The maximum atomic E-state index is 11.6. The molecule has 1 aliphatic carbocycles. The number of carbonyl (C=O) groups is 1. The first-order chi connectivity index (χ1) is 8.40. The molecule has 2 rings (SSSR count). The van der Waals surface area contributed by atoms with E-state index in [2.05, 4.69) is 20.8 Å². The molecular formula is C13H24O5Si. The molecule has 110 valence electrons. The van der Waals surface area contributed by atoms with Crippen LogP contribution in [-0.2, 0) is 14.0 Å². The van der Waals surface area contributed by atoms with E-state index in [1.54, 1.807) is 0 Å². The van der Waals surface area contributed by atoms with Crippen LogP contribution in [0.3, 0.4) is 0 Å². The van der Waals surface area contributed by atoms with E-state index in [1.165, 1.54) is 0 Å². The largest absolute Gasteiger partial charge is 0.454 e. The Morgan fingerprint density at radius 1 is 1.32 bits per heavy atom. The highest BCUT2D eigenvalue weighted by Gasteiger charge is 2.62. The van der Waals surface area contributed by atoms with Crippen LogP contribution in [0.15, 0.2) is 0 Å². The summed E-state index contributed by atoms with van der Waals surface area (Å²) in [5.41, 5.74) is -1.42. The van der Waals surface area contributed by atoms with Gasteiger partial charge in [0, 0.05) is 12.8 Å². The number of carbonyl (C=O) groups excluding carboxylic acids is 1. The molecule has 0 aromatic heterocycles. The molecule has 0 spiro atoms. The Balaban J connectivity index is 2.20. The quantitative estimate of drug-likeness (QED) is 0.458. The molecule has 3 atom stereocenters. The highest BCUT2D eigenvalue weighted by molar-refractivity contribution is 6.74. The topological polar surface area (TPSA) is 76.0 Å². The smallest absolute Gasteiger partial charge is 0.338 e. The summed E-state index contributed by atoms with van der Waals surface area (Å²) in [5.74, 6) is -2.09. The summed E-state index contributed by atoms with van der Waals surface area (Å²) >= 11 is 0. The SMILES string of the molecule is CC(C)(C)[Si](C)(C)OC1(O)CCC2(O)CC1OC2=O. The Hall–Kier alpha value is -0.433. The van der Waals surface area contributed by atoms with Crippen molar-refractivity contribution in [1.82, 2.24) is 0 Å². The number of hydrogen-bond acceptors (Lipinski definition) is 5. The van der Waals surface area contributed by atoms with Gasteiger partial charge in [0.1, 0.15) is 0 Å². The van der Waals surface area contributed by atoms with Crippen LogP contribution in [0.5, 0.6) is 0 Å². The van der Waals surface area contributed by atoms with Crippen LogP contribution in [0.2, 0.25) is 18.1 Å². The van der Waals surface area contributed by atoms with Crippen LogP contribution in [0.4, 0.5) is 0 Å².